The Morgan fingerprint density at radius 2 is 1.87 bits per heavy atom. The summed E-state index contributed by atoms with van der Waals surface area (Å²) in [6.07, 6.45) is 0. The Hall–Kier alpha value is -2.54. The molecule has 7 heteroatoms. The van der Waals surface area contributed by atoms with Gasteiger partial charge in [0.05, 0.1) is 17.5 Å². The quantitative estimate of drug-likeness (QED) is 0.842. The van der Waals surface area contributed by atoms with E-state index >= 15 is 0 Å². The second kappa shape index (κ2) is 5.58. The minimum absolute atomic E-state index is 0.0630. The third-order valence-corrected chi connectivity index (χ3v) is 5.65. The number of anilines is 1. The van der Waals surface area contributed by atoms with Crippen molar-refractivity contribution in [3.8, 4) is 0 Å². The Kier molecular flexibility index (Phi) is 3.73. The minimum Gasteiger partial charge on any atom is -0.399 e. The van der Waals surface area contributed by atoms with Crippen LogP contribution in [0.3, 0.4) is 0 Å². The first-order valence-corrected chi connectivity index (χ1v) is 8.58. The predicted octanol–water partition coefficient (Wildman–Crippen LogP) is 2.03. The third-order valence-electron chi connectivity index (χ3n) is 3.90. The Morgan fingerprint density at radius 3 is 2.52 bits per heavy atom. The van der Waals surface area contributed by atoms with Crippen molar-refractivity contribution in [2.24, 2.45) is 0 Å². The number of hydrogen-bond acceptors (Lipinski definition) is 4. The molecule has 0 aliphatic carbocycles. The Balaban J connectivity index is 1.91. The smallest absolute Gasteiger partial charge is 0.331 e. The van der Waals surface area contributed by atoms with Crippen LogP contribution in [-0.2, 0) is 10.0 Å². The van der Waals surface area contributed by atoms with Gasteiger partial charge in [-0.25, -0.2) is 17.5 Å². The molecule has 3 rings (SSSR count). The lowest BCUT2D eigenvalue weighted by Gasteiger charge is -2.16. The number of rotatable bonds is 3. The molecule has 0 aromatic heterocycles. The van der Waals surface area contributed by atoms with Crippen LogP contribution in [0.2, 0.25) is 0 Å². The summed E-state index contributed by atoms with van der Waals surface area (Å²) in [7, 11) is -3.90. The third kappa shape index (κ3) is 2.75. The van der Waals surface area contributed by atoms with Gasteiger partial charge in [0.25, 0.3) is 10.0 Å². The summed E-state index contributed by atoms with van der Waals surface area (Å²) in [6, 6.07) is 12.7. The van der Waals surface area contributed by atoms with Crippen LogP contribution in [0.5, 0.6) is 0 Å². The Morgan fingerprint density at radius 1 is 1.17 bits per heavy atom. The molecule has 1 heterocycles. The molecule has 3 N–H and O–H groups in total. The van der Waals surface area contributed by atoms with Crippen LogP contribution in [0.4, 0.5) is 10.5 Å². The molecule has 2 aromatic rings. The molecule has 23 heavy (non-hydrogen) atoms. The summed E-state index contributed by atoms with van der Waals surface area (Å²) < 4.78 is 26.3. The number of sulfonamides is 1. The molecule has 2 amide bonds. The number of hydrogen-bond donors (Lipinski definition) is 2. The topological polar surface area (TPSA) is 92.5 Å². The summed E-state index contributed by atoms with van der Waals surface area (Å²) in [5.41, 5.74) is 7.76. The van der Waals surface area contributed by atoms with Crippen LogP contribution in [0.25, 0.3) is 0 Å². The van der Waals surface area contributed by atoms with E-state index in [0.717, 1.165) is 9.87 Å². The maximum absolute atomic E-state index is 12.7. The van der Waals surface area contributed by atoms with Gasteiger partial charge in [-0.2, -0.15) is 0 Å². The number of carbonyl (C=O) groups is 1. The Bertz CT molecular complexity index is 850. The zero-order valence-corrected chi connectivity index (χ0v) is 13.4. The van der Waals surface area contributed by atoms with Crippen LogP contribution in [0, 0.1) is 6.92 Å². The van der Waals surface area contributed by atoms with Gasteiger partial charge in [0.2, 0.25) is 0 Å². The van der Waals surface area contributed by atoms with Crippen molar-refractivity contribution in [3.63, 3.8) is 0 Å². The van der Waals surface area contributed by atoms with Crippen molar-refractivity contribution in [1.29, 1.82) is 0 Å². The Labute approximate surface area is 135 Å². The molecule has 1 fully saturated rings. The number of nitrogens with zero attached hydrogens (tertiary/aromatic N) is 1. The van der Waals surface area contributed by atoms with E-state index in [-0.39, 0.29) is 17.5 Å². The fraction of sp³-hybridized carbons (Fsp3) is 0.188. The first-order chi connectivity index (χ1) is 10.9. The lowest BCUT2D eigenvalue weighted by Crippen LogP contribution is -2.34. The SMILES string of the molecule is Cc1cc(S(=O)(=O)N2C[C@H](c3ccccc3)NC2=O)ccc1N. The van der Waals surface area contributed by atoms with E-state index in [9.17, 15) is 13.2 Å². The molecule has 6 nitrogen and oxygen atoms in total. The van der Waals surface area contributed by atoms with Gasteiger partial charge in [0, 0.05) is 5.69 Å². The second-order valence-corrected chi connectivity index (χ2v) is 7.33. The van der Waals surface area contributed by atoms with E-state index in [4.69, 9.17) is 5.73 Å². The lowest BCUT2D eigenvalue weighted by atomic mass is 10.1. The highest BCUT2D eigenvalue weighted by Gasteiger charge is 2.38. The normalized spacial score (nSPS) is 18.0. The van der Waals surface area contributed by atoms with E-state index in [1.165, 1.54) is 18.2 Å². The second-order valence-electron chi connectivity index (χ2n) is 5.47. The van der Waals surface area contributed by atoms with Crippen molar-refractivity contribution in [3.05, 3.63) is 59.7 Å². The van der Waals surface area contributed by atoms with Gasteiger partial charge in [-0.05, 0) is 36.2 Å². The van der Waals surface area contributed by atoms with Crippen molar-refractivity contribution >= 4 is 21.7 Å². The molecule has 2 aromatic carbocycles. The van der Waals surface area contributed by atoms with Crippen LogP contribution >= 0.6 is 0 Å². The molecular weight excluding hydrogens is 314 g/mol. The van der Waals surface area contributed by atoms with Gasteiger partial charge in [-0.15, -0.1) is 0 Å². The van der Waals surface area contributed by atoms with E-state index in [2.05, 4.69) is 5.32 Å². The van der Waals surface area contributed by atoms with Gasteiger partial charge < -0.3 is 11.1 Å². The highest BCUT2D eigenvalue weighted by molar-refractivity contribution is 7.89. The number of carbonyl (C=O) groups excluding carboxylic acids is 1. The van der Waals surface area contributed by atoms with Gasteiger partial charge >= 0.3 is 6.03 Å². The zero-order valence-electron chi connectivity index (χ0n) is 12.6. The first kappa shape index (κ1) is 15.4. The monoisotopic (exact) mass is 331 g/mol. The maximum Gasteiger partial charge on any atom is 0.331 e. The number of nitrogens with two attached hydrogens (primary N) is 1. The average Bonchev–Trinajstić information content (AvgIpc) is 2.93. The van der Waals surface area contributed by atoms with E-state index < -0.39 is 16.1 Å². The van der Waals surface area contributed by atoms with E-state index in [0.29, 0.717) is 11.3 Å². The molecule has 1 saturated heterocycles. The zero-order chi connectivity index (χ0) is 16.6. The summed E-state index contributed by atoms with van der Waals surface area (Å²) in [5.74, 6) is 0. The number of nitrogens with one attached hydrogen (secondary N) is 1. The molecule has 1 aliphatic heterocycles. The van der Waals surface area contributed by atoms with Gasteiger partial charge in [0.1, 0.15) is 0 Å². The minimum atomic E-state index is -3.90. The van der Waals surface area contributed by atoms with Gasteiger partial charge in [-0.3, -0.25) is 0 Å². The molecule has 0 radical (unpaired) electrons. The lowest BCUT2D eigenvalue weighted by molar-refractivity contribution is 0.235. The van der Waals surface area contributed by atoms with Crippen LogP contribution in [0.1, 0.15) is 17.2 Å². The van der Waals surface area contributed by atoms with Crippen LogP contribution in [0.15, 0.2) is 53.4 Å². The molecular formula is C16H17N3O3S. The number of nitrogen functional groups attached to an aromatic ring is 1. The maximum atomic E-state index is 12.7. The molecule has 1 atom stereocenters. The van der Waals surface area contributed by atoms with E-state index in [1.807, 2.05) is 30.3 Å². The fourth-order valence-electron chi connectivity index (χ4n) is 2.53. The molecule has 0 bridgehead atoms. The van der Waals surface area contributed by atoms with Crippen LogP contribution < -0.4 is 11.1 Å². The van der Waals surface area contributed by atoms with Gasteiger partial charge in [0.15, 0.2) is 0 Å². The van der Waals surface area contributed by atoms with E-state index in [1.54, 1.807) is 6.92 Å². The molecule has 120 valence electrons. The van der Waals surface area contributed by atoms with Crippen molar-refractivity contribution < 1.29 is 13.2 Å². The average molecular weight is 331 g/mol. The number of aryl methyl sites for hydroxylation is 1. The highest BCUT2D eigenvalue weighted by atomic mass is 32.2. The summed E-state index contributed by atoms with van der Waals surface area (Å²) >= 11 is 0. The van der Waals surface area contributed by atoms with Crippen LogP contribution in [-0.4, -0.2) is 25.3 Å². The van der Waals surface area contributed by atoms with Crippen molar-refractivity contribution in [2.75, 3.05) is 12.3 Å². The van der Waals surface area contributed by atoms with Crippen molar-refractivity contribution in [1.82, 2.24) is 9.62 Å². The number of amides is 2. The molecule has 0 unspecified atom stereocenters. The standard InChI is InChI=1S/C16H17N3O3S/c1-11-9-13(7-8-14(11)17)23(21,22)19-10-15(18-16(19)20)12-5-3-2-4-6-12/h2-9,15H,10,17H2,1H3,(H,18,20)/t15-/m1/s1. The largest absolute Gasteiger partial charge is 0.399 e. The molecule has 1 aliphatic rings. The fourth-order valence-corrected chi connectivity index (χ4v) is 3.97. The number of benzene rings is 2. The molecule has 0 saturated carbocycles. The summed E-state index contributed by atoms with van der Waals surface area (Å²) in [6.45, 7) is 1.79. The number of urea groups is 1. The summed E-state index contributed by atoms with van der Waals surface area (Å²) in [4.78, 5) is 12.2. The molecule has 0 spiro atoms. The highest BCUT2D eigenvalue weighted by Crippen LogP contribution is 2.27. The first-order valence-electron chi connectivity index (χ1n) is 7.14. The van der Waals surface area contributed by atoms with Gasteiger partial charge in [-0.1, -0.05) is 30.3 Å². The summed E-state index contributed by atoms with van der Waals surface area (Å²) in [5, 5.41) is 2.71. The van der Waals surface area contributed by atoms with Crippen molar-refractivity contribution in [2.45, 2.75) is 17.9 Å². The predicted molar refractivity (Wildman–Crippen MR) is 87.2 cm³/mol.